The number of aromatic nitrogens is 2. The van der Waals surface area contributed by atoms with Crippen LogP contribution in [0, 0.1) is 12.8 Å². The van der Waals surface area contributed by atoms with E-state index in [0.29, 0.717) is 5.91 Å². The molecule has 1 unspecified atom stereocenters. The summed E-state index contributed by atoms with van der Waals surface area (Å²) >= 11 is 0. The van der Waals surface area contributed by atoms with Crippen molar-refractivity contribution in [2.24, 2.45) is 5.92 Å². The lowest BCUT2D eigenvalue weighted by Crippen LogP contribution is -2.51. The summed E-state index contributed by atoms with van der Waals surface area (Å²) in [4.78, 5) is 19.5. The second kappa shape index (κ2) is 8.27. The fourth-order valence-corrected chi connectivity index (χ4v) is 4.17. The molecule has 1 aromatic heterocycles. The largest absolute Gasteiger partial charge is 0.354 e. The first-order chi connectivity index (χ1) is 13.6. The molecule has 0 saturated carbocycles. The van der Waals surface area contributed by atoms with Crippen LogP contribution in [-0.4, -0.2) is 72.2 Å². The predicted molar refractivity (Wildman–Crippen MR) is 111 cm³/mol. The van der Waals surface area contributed by atoms with Gasteiger partial charge in [0.15, 0.2) is 5.82 Å². The lowest BCUT2D eigenvalue weighted by Gasteiger charge is -2.38. The molecule has 148 valence electrons. The van der Waals surface area contributed by atoms with Crippen LogP contribution >= 0.6 is 0 Å². The van der Waals surface area contributed by atoms with E-state index in [-0.39, 0.29) is 5.92 Å². The Bertz CT molecular complexity index is 814. The maximum atomic E-state index is 13.0. The molecule has 0 aliphatic carbocycles. The summed E-state index contributed by atoms with van der Waals surface area (Å²) in [6.45, 7) is 7.38. The first-order valence-corrected chi connectivity index (χ1v) is 10.2. The molecule has 2 fully saturated rings. The van der Waals surface area contributed by atoms with Crippen LogP contribution < -0.4 is 4.90 Å². The smallest absolute Gasteiger partial charge is 0.227 e. The molecule has 6 heteroatoms. The number of likely N-dealkylation sites (N-methyl/N-ethyl adjacent to an activating group) is 1. The van der Waals surface area contributed by atoms with E-state index in [4.69, 9.17) is 0 Å². The van der Waals surface area contributed by atoms with Crippen molar-refractivity contribution in [2.45, 2.75) is 19.8 Å². The molecule has 0 spiro atoms. The lowest BCUT2D eigenvalue weighted by molar-refractivity contribution is -0.137. The SMILES string of the molecule is Cc1ccccc1-c1ccc(N2CCCC(C(=O)N3CCN(C)CC3)C2)nn1. The number of piperazine rings is 1. The van der Waals surface area contributed by atoms with Crippen molar-refractivity contribution < 1.29 is 4.79 Å². The molecule has 0 bridgehead atoms. The summed E-state index contributed by atoms with van der Waals surface area (Å²) in [7, 11) is 2.11. The quantitative estimate of drug-likeness (QED) is 0.820. The van der Waals surface area contributed by atoms with E-state index in [0.717, 1.165) is 69.2 Å². The van der Waals surface area contributed by atoms with Crippen molar-refractivity contribution in [1.82, 2.24) is 20.0 Å². The average Bonchev–Trinajstić information content (AvgIpc) is 2.74. The average molecular weight is 380 g/mol. The second-order valence-corrected chi connectivity index (χ2v) is 8.01. The number of nitrogens with zero attached hydrogens (tertiary/aromatic N) is 5. The highest BCUT2D eigenvalue weighted by Crippen LogP contribution is 2.25. The van der Waals surface area contributed by atoms with Gasteiger partial charge >= 0.3 is 0 Å². The molecule has 1 atom stereocenters. The molecule has 1 amide bonds. The van der Waals surface area contributed by atoms with Crippen LogP contribution in [0.5, 0.6) is 0 Å². The standard InChI is InChI=1S/C22H29N5O/c1-17-6-3-4-8-19(17)20-9-10-21(24-23-20)27-11-5-7-18(16-27)22(28)26-14-12-25(2)13-15-26/h3-4,6,8-10,18H,5,7,11-16H2,1-2H3. The summed E-state index contributed by atoms with van der Waals surface area (Å²) in [6.07, 6.45) is 1.99. The molecule has 3 heterocycles. The Kier molecular flexibility index (Phi) is 5.57. The van der Waals surface area contributed by atoms with Gasteiger partial charge in [0.05, 0.1) is 11.6 Å². The number of rotatable bonds is 3. The first-order valence-electron chi connectivity index (χ1n) is 10.2. The summed E-state index contributed by atoms with van der Waals surface area (Å²) < 4.78 is 0. The summed E-state index contributed by atoms with van der Waals surface area (Å²) in [5.74, 6) is 1.24. The minimum absolute atomic E-state index is 0.0648. The Balaban J connectivity index is 1.43. The monoisotopic (exact) mass is 379 g/mol. The normalized spacial score (nSPS) is 21.0. The lowest BCUT2D eigenvalue weighted by atomic mass is 9.96. The first kappa shape index (κ1) is 18.9. The molecule has 4 rings (SSSR count). The number of piperidine rings is 1. The molecule has 2 saturated heterocycles. The highest BCUT2D eigenvalue weighted by atomic mass is 16.2. The molecular formula is C22H29N5O. The number of anilines is 1. The van der Waals surface area contributed by atoms with Gasteiger partial charge < -0.3 is 14.7 Å². The molecule has 2 aliphatic rings. The summed E-state index contributed by atoms with van der Waals surface area (Å²) in [6, 6.07) is 12.3. The molecular weight excluding hydrogens is 350 g/mol. The van der Waals surface area contributed by atoms with Gasteiger partial charge in [-0.05, 0) is 44.5 Å². The third-order valence-corrected chi connectivity index (χ3v) is 5.98. The van der Waals surface area contributed by atoms with Crippen molar-refractivity contribution in [3.05, 3.63) is 42.0 Å². The van der Waals surface area contributed by atoms with Gasteiger partial charge in [0.1, 0.15) is 0 Å². The van der Waals surface area contributed by atoms with E-state index in [2.05, 4.69) is 46.1 Å². The van der Waals surface area contributed by atoms with Gasteiger partial charge in [0.2, 0.25) is 5.91 Å². The number of carbonyl (C=O) groups excluding carboxylic acids is 1. The summed E-state index contributed by atoms with van der Waals surface area (Å²) in [5.41, 5.74) is 3.20. The van der Waals surface area contributed by atoms with E-state index >= 15 is 0 Å². The Morgan fingerprint density at radius 1 is 1.00 bits per heavy atom. The third kappa shape index (κ3) is 4.02. The number of carbonyl (C=O) groups is 1. The minimum atomic E-state index is 0.0648. The van der Waals surface area contributed by atoms with Crippen molar-refractivity contribution in [3.8, 4) is 11.3 Å². The van der Waals surface area contributed by atoms with Gasteiger partial charge in [-0.1, -0.05) is 24.3 Å². The molecule has 1 aromatic carbocycles. The van der Waals surface area contributed by atoms with Crippen molar-refractivity contribution >= 4 is 11.7 Å². The van der Waals surface area contributed by atoms with Crippen LogP contribution in [0.25, 0.3) is 11.3 Å². The molecule has 0 N–H and O–H groups in total. The molecule has 28 heavy (non-hydrogen) atoms. The number of hydrogen-bond acceptors (Lipinski definition) is 5. The fraction of sp³-hybridized carbons (Fsp3) is 0.500. The molecule has 2 aromatic rings. The minimum Gasteiger partial charge on any atom is -0.354 e. The van der Waals surface area contributed by atoms with E-state index in [1.807, 2.05) is 29.2 Å². The molecule has 2 aliphatic heterocycles. The van der Waals surface area contributed by atoms with E-state index in [1.165, 1.54) is 5.56 Å². The maximum Gasteiger partial charge on any atom is 0.227 e. The van der Waals surface area contributed by atoms with Crippen LogP contribution in [0.1, 0.15) is 18.4 Å². The molecule has 6 nitrogen and oxygen atoms in total. The Morgan fingerprint density at radius 2 is 1.79 bits per heavy atom. The van der Waals surface area contributed by atoms with Crippen LogP contribution in [-0.2, 0) is 4.79 Å². The number of benzene rings is 1. The zero-order valence-electron chi connectivity index (χ0n) is 16.8. The van der Waals surface area contributed by atoms with E-state index < -0.39 is 0 Å². The van der Waals surface area contributed by atoms with Gasteiger partial charge in [-0.2, -0.15) is 0 Å². The number of amides is 1. The van der Waals surface area contributed by atoms with Gasteiger partial charge in [0, 0.05) is 44.8 Å². The Hall–Kier alpha value is -2.47. The van der Waals surface area contributed by atoms with Gasteiger partial charge in [0.25, 0.3) is 0 Å². The second-order valence-electron chi connectivity index (χ2n) is 8.01. The van der Waals surface area contributed by atoms with E-state index in [9.17, 15) is 4.79 Å². The van der Waals surface area contributed by atoms with Gasteiger partial charge in [-0.3, -0.25) is 4.79 Å². The number of hydrogen-bond donors (Lipinski definition) is 0. The Morgan fingerprint density at radius 3 is 2.50 bits per heavy atom. The molecule has 0 radical (unpaired) electrons. The third-order valence-electron chi connectivity index (χ3n) is 5.98. The van der Waals surface area contributed by atoms with E-state index in [1.54, 1.807) is 0 Å². The highest BCUT2D eigenvalue weighted by molar-refractivity contribution is 5.80. The van der Waals surface area contributed by atoms with Crippen LogP contribution in [0.4, 0.5) is 5.82 Å². The predicted octanol–water partition coefficient (Wildman–Crippen LogP) is 2.44. The highest BCUT2D eigenvalue weighted by Gasteiger charge is 2.31. The zero-order chi connectivity index (χ0) is 19.5. The van der Waals surface area contributed by atoms with Crippen LogP contribution in [0.15, 0.2) is 36.4 Å². The topological polar surface area (TPSA) is 52.6 Å². The van der Waals surface area contributed by atoms with Gasteiger partial charge in [-0.15, -0.1) is 10.2 Å². The van der Waals surface area contributed by atoms with Crippen molar-refractivity contribution in [2.75, 3.05) is 51.2 Å². The Labute approximate surface area is 167 Å². The maximum absolute atomic E-state index is 13.0. The zero-order valence-corrected chi connectivity index (χ0v) is 16.8. The van der Waals surface area contributed by atoms with Crippen LogP contribution in [0.2, 0.25) is 0 Å². The fourth-order valence-electron chi connectivity index (χ4n) is 4.17. The van der Waals surface area contributed by atoms with Crippen LogP contribution in [0.3, 0.4) is 0 Å². The number of aryl methyl sites for hydroxylation is 1. The van der Waals surface area contributed by atoms with Crippen molar-refractivity contribution in [3.63, 3.8) is 0 Å². The van der Waals surface area contributed by atoms with Gasteiger partial charge in [-0.25, -0.2) is 0 Å². The van der Waals surface area contributed by atoms with Crippen molar-refractivity contribution in [1.29, 1.82) is 0 Å². The summed E-state index contributed by atoms with van der Waals surface area (Å²) in [5, 5.41) is 8.94.